The van der Waals surface area contributed by atoms with E-state index in [2.05, 4.69) is 10.6 Å². The number of ether oxygens (including phenoxy) is 2. The molecular formula is C27H26ClN3O6S. The molecular weight excluding hydrogens is 530 g/mol. The zero-order chi connectivity index (χ0) is 27.1. The van der Waals surface area contributed by atoms with Gasteiger partial charge in [0.1, 0.15) is 18.1 Å². The summed E-state index contributed by atoms with van der Waals surface area (Å²) in [4.78, 5) is 38.4. The minimum absolute atomic E-state index is 0.0518. The number of nitrogens with zero attached hydrogens (tertiary/aromatic N) is 1. The molecule has 11 heteroatoms. The van der Waals surface area contributed by atoms with E-state index in [0.717, 1.165) is 11.3 Å². The zero-order valence-corrected chi connectivity index (χ0v) is 22.1. The van der Waals surface area contributed by atoms with Gasteiger partial charge in [-0.1, -0.05) is 29.8 Å². The van der Waals surface area contributed by atoms with Crippen LogP contribution in [0, 0.1) is 0 Å². The number of benzene rings is 3. The van der Waals surface area contributed by atoms with Crippen molar-refractivity contribution in [1.29, 1.82) is 0 Å². The molecule has 1 fully saturated rings. The van der Waals surface area contributed by atoms with Gasteiger partial charge in [-0.15, -0.1) is 11.8 Å². The second-order valence-corrected chi connectivity index (χ2v) is 9.84. The summed E-state index contributed by atoms with van der Waals surface area (Å²) in [5, 5.41) is 14.9. The molecule has 1 heterocycles. The molecule has 0 radical (unpaired) electrons. The van der Waals surface area contributed by atoms with Crippen molar-refractivity contribution in [3.05, 3.63) is 82.9 Å². The summed E-state index contributed by atoms with van der Waals surface area (Å²) in [6, 6.07) is 17.7. The van der Waals surface area contributed by atoms with Gasteiger partial charge in [0.25, 0.3) is 0 Å². The van der Waals surface area contributed by atoms with E-state index in [-0.39, 0.29) is 23.9 Å². The predicted octanol–water partition coefficient (Wildman–Crippen LogP) is 5.21. The maximum Gasteiger partial charge on any atom is 0.335 e. The first-order valence-electron chi connectivity index (χ1n) is 11.7. The summed E-state index contributed by atoms with van der Waals surface area (Å²) >= 11 is 7.75. The molecule has 4 rings (SSSR count). The molecule has 1 aliphatic heterocycles. The molecule has 3 N–H and O–H groups in total. The number of aromatic carboxylic acids is 1. The largest absolute Gasteiger partial charge is 0.495 e. The zero-order valence-electron chi connectivity index (χ0n) is 20.5. The molecule has 9 nitrogen and oxygen atoms in total. The number of para-hydroxylation sites is 1. The average Bonchev–Trinajstić information content (AvgIpc) is 3.39. The Bertz CT molecular complexity index is 1320. The molecule has 1 unspecified atom stereocenters. The van der Waals surface area contributed by atoms with E-state index in [1.54, 1.807) is 71.3 Å². The highest BCUT2D eigenvalue weighted by Gasteiger charge is 2.30. The molecule has 3 aromatic carbocycles. The first-order chi connectivity index (χ1) is 18.3. The summed E-state index contributed by atoms with van der Waals surface area (Å²) in [7, 11) is 1.49. The lowest BCUT2D eigenvalue weighted by molar-refractivity contribution is -0.131. The van der Waals surface area contributed by atoms with Gasteiger partial charge in [0.05, 0.1) is 47.4 Å². The van der Waals surface area contributed by atoms with Gasteiger partial charge >= 0.3 is 12.0 Å². The Balaban J connectivity index is 1.34. The first kappa shape index (κ1) is 27.2. The van der Waals surface area contributed by atoms with Crippen molar-refractivity contribution < 1.29 is 29.0 Å². The summed E-state index contributed by atoms with van der Waals surface area (Å²) in [6.07, 6.45) is 0.160. The van der Waals surface area contributed by atoms with Crippen LogP contribution in [0.1, 0.15) is 15.9 Å². The van der Waals surface area contributed by atoms with Crippen LogP contribution in [-0.2, 0) is 11.2 Å². The lowest BCUT2D eigenvalue weighted by atomic mass is 10.1. The van der Waals surface area contributed by atoms with Crippen molar-refractivity contribution in [3.8, 4) is 11.5 Å². The van der Waals surface area contributed by atoms with Gasteiger partial charge in [-0.25, -0.2) is 9.59 Å². The molecule has 0 aromatic heterocycles. The standard InChI is InChI=1S/C27H26ClN3O6S/c1-36-24-12-17(6-11-23(24)30-27(35)29-22-5-3-2-4-21(22)28)13-25(32)31-16-38-15-19(31)14-37-20-9-7-18(8-10-20)26(33)34/h2-12,19H,13-16H2,1H3,(H,33,34)(H2,29,30,35). The van der Waals surface area contributed by atoms with Gasteiger partial charge in [0, 0.05) is 5.75 Å². The van der Waals surface area contributed by atoms with Gasteiger partial charge in [-0.2, -0.15) is 0 Å². The summed E-state index contributed by atoms with van der Waals surface area (Å²) < 4.78 is 11.3. The van der Waals surface area contributed by atoms with Crippen LogP contribution in [0.25, 0.3) is 0 Å². The van der Waals surface area contributed by atoms with Gasteiger partial charge in [0.2, 0.25) is 5.91 Å². The van der Waals surface area contributed by atoms with Crippen molar-refractivity contribution in [1.82, 2.24) is 4.90 Å². The second kappa shape index (κ2) is 12.6. The minimum Gasteiger partial charge on any atom is -0.495 e. The molecule has 3 aromatic rings. The number of nitrogens with one attached hydrogen (secondary N) is 2. The van der Waals surface area contributed by atoms with Gasteiger partial charge < -0.3 is 30.1 Å². The fourth-order valence-corrected chi connectivity index (χ4v) is 5.23. The number of hydrogen-bond acceptors (Lipinski definition) is 6. The van der Waals surface area contributed by atoms with Crippen LogP contribution in [-0.4, -0.2) is 59.3 Å². The Hall–Kier alpha value is -3.89. The molecule has 0 aliphatic carbocycles. The number of rotatable bonds is 9. The van der Waals surface area contributed by atoms with Gasteiger partial charge in [0.15, 0.2) is 0 Å². The number of halogens is 1. The maximum atomic E-state index is 13.1. The molecule has 1 atom stereocenters. The van der Waals surface area contributed by atoms with Crippen LogP contribution in [0.15, 0.2) is 66.7 Å². The number of amides is 3. The van der Waals surface area contributed by atoms with Crippen LogP contribution in [0.3, 0.4) is 0 Å². The highest BCUT2D eigenvalue weighted by atomic mass is 35.5. The number of anilines is 2. The SMILES string of the molecule is COc1cc(CC(=O)N2CSCC2COc2ccc(C(=O)O)cc2)ccc1NC(=O)Nc1ccccc1Cl. The Morgan fingerprint density at radius 1 is 1.05 bits per heavy atom. The first-order valence-corrected chi connectivity index (χ1v) is 13.2. The minimum atomic E-state index is -0.999. The van der Waals surface area contributed by atoms with Gasteiger partial charge in [-0.3, -0.25) is 4.79 Å². The third-order valence-electron chi connectivity index (χ3n) is 5.84. The quantitative estimate of drug-likeness (QED) is 0.331. The Kier molecular flexibility index (Phi) is 8.98. The summed E-state index contributed by atoms with van der Waals surface area (Å²) in [5.74, 6) is 1.22. The average molecular weight is 556 g/mol. The number of hydrogen-bond donors (Lipinski definition) is 3. The lowest BCUT2D eigenvalue weighted by Crippen LogP contribution is -2.41. The molecule has 0 bridgehead atoms. The van der Waals surface area contributed by atoms with Crippen molar-refractivity contribution in [2.24, 2.45) is 0 Å². The van der Waals surface area contributed by atoms with Crippen LogP contribution in [0.4, 0.5) is 16.2 Å². The number of carboxylic acids is 1. The number of urea groups is 1. The molecule has 1 aliphatic rings. The van der Waals surface area contributed by atoms with E-state index >= 15 is 0 Å². The van der Waals surface area contributed by atoms with E-state index in [0.29, 0.717) is 40.4 Å². The molecule has 38 heavy (non-hydrogen) atoms. The molecule has 0 spiro atoms. The van der Waals surface area contributed by atoms with E-state index in [1.807, 2.05) is 0 Å². The molecule has 0 saturated carbocycles. The maximum absolute atomic E-state index is 13.1. The van der Waals surface area contributed by atoms with Gasteiger partial charge in [-0.05, 0) is 54.1 Å². The van der Waals surface area contributed by atoms with Crippen LogP contribution >= 0.6 is 23.4 Å². The fraction of sp³-hybridized carbons (Fsp3) is 0.222. The predicted molar refractivity (Wildman–Crippen MR) is 148 cm³/mol. The van der Waals surface area contributed by atoms with E-state index in [9.17, 15) is 14.4 Å². The highest BCUT2D eigenvalue weighted by Crippen LogP contribution is 2.28. The summed E-state index contributed by atoms with van der Waals surface area (Å²) in [5.41, 5.74) is 1.85. The monoisotopic (exact) mass is 555 g/mol. The Labute approximate surface area is 229 Å². The van der Waals surface area contributed by atoms with Crippen molar-refractivity contribution >= 4 is 52.6 Å². The van der Waals surface area contributed by atoms with Crippen molar-refractivity contribution in [2.45, 2.75) is 12.5 Å². The Morgan fingerprint density at radius 2 is 1.79 bits per heavy atom. The highest BCUT2D eigenvalue weighted by molar-refractivity contribution is 7.99. The number of carbonyl (C=O) groups is 3. The second-order valence-electron chi connectivity index (χ2n) is 8.43. The van der Waals surface area contributed by atoms with E-state index in [4.69, 9.17) is 26.2 Å². The molecule has 1 saturated heterocycles. The normalized spacial score (nSPS) is 14.6. The third kappa shape index (κ3) is 6.90. The van der Waals surface area contributed by atoms with Crippen LogP contribution < -0.4 is 20.1 Å². The number of thioether (sulfide) groups is 1. The number of methoxy groups -OCH3 is 1. The fourth-order valence-electron chi connectivity index (χ4n) is 3.85. The van der Waals surface area contributed by atoms with Crippen LogP contribution in [0.5, 0.6) is 11.5 Å². The topological polar surface area (TPSA) is 117 Å². The van der Waals surface area contributed by atoms with Crippen molar-refractivity contribution in [2.75, 3.05) is 36.0 Å². The number of carboxylic acid groups (broad SMARTS) is 1. The Morgan fingerprint density at radius 3 is 2.50 bits per heavy atom. The van der Waals surface area contributed by atoms with Crippen molar-refractivity contribution in [3.63, 3.8) is 0 Å². The lowest BCUT2D eigenvalue weighted by Gasteiger charge is -2.24. The van der Waals surface area contributed by atoms with E-state index in [1.165, 1.54) is 19.2 Å². The van der Waals surface area contributed by atoms with E-state index < -0.39 is 12.0 Å². The molecule has 198 valence electrons. The third-order valence-corrected chi connectivity index (χ3v) is 7.25. The smallest absolute Gasteiger partial charge is 0.335 e. The summed E-state index contributed by atoms with van der Waals surface area (Å²) in [6.45, 7) is 0.303. The van der Waals surface area contributed by atoms with Crippen LogP contribution in [0.2, 0.25) is 5.02 Å². The number of carbonyl (C=O) groups excluding carboxylic acids is 2. The molecule has 3 amide bonds.